The highest BCUT2D eigenvalue weighted by Crippen LogP contribution is 2.21. The fraction of sp³-hybridized carbons (Fsp3) is 0.500. The lowest BCUT2D eigenvalue weighted by molar-refractivity contribution is 0.507. The zero-order valence-corrected chi connectivity index (χ0v) is 13.9. The van der Waals surface area contributed by atoms with Crippen LogP contribution in [0.5, 0.6) is 0 Å². The van der Waals surface area contributed by atoms with E-state index in [1.807, 2.05) is 11.7 Å². The standard InChI is InChI=1S/C18H27N3/c1-6-16-12-18(21(5)20-16)17(19-7-2)11-15-9-13(3)8-14(4)10-15/h8-10,12,17,19H,6-7,11H2,1-5H3. The third-order valence-corrected chi connectivity index (χ3v) is 3.86. The molecule has 0 aliphatic heterocycles. The smallest absolute Gasteiger partial charge is 0.0625 e. The Balaban J connectivity index is 2.27. The Kier molecular flexibility index (Phi) is 5.18. The van der Waals surface area contributed by atoms with E-state index in [1.54, 1.807) is 0 Å². The molecule has 0 bridgehead atoms. The van der Waals surface area contributed by atoms with Gasteiger partial charge in [0.15, 0.2) is 0 Å². The van der Waals surface area contributed by atoms with Gasteiger partial charge in [-0.15, -0.1) is 0 Å². The number of aryl methyl sites for hydroxylation is 4. The Morgan fingerprint density at radius 1 is 1.10 bits per heavy atom. The molecule has 114 valence electrons. The van der Waals surface area contributed by atoms with Gasteiger partial charge in [-0.25, -0.2) is 0 Å². The molecule has 1 aromatic carbocycles. The van der Waals surface area contributed by atoms with Crippen LogP contribution in [0, 0.1) is 13.8 Å². The summed E-state index contributed by atoms with van der Waals surface area (Å²) in [5, 5.41) is 8.19. The summed E-state index contributed by atoms with van der Waals surface area (Å²) in [4.78, 5) is 0. The van der Waals surface area contributed by atoms with Crippen molar-refractivity contribution < 1.29 is 0 Å². The molecule has 0 saturated heterocycles. The zero-order valence-electron chi connectivity index (χ0n) is 13.9. The number of benzene rings is 1. The molecule has 3 heteroatoms. The molecule has 1 N–H and O–H groups in total. The van der Waals surface area contributed by atoms with Gasteiger partial charge in [-0.2, -0.15) is 5.10 Å². The summed E-state index contributed by atoms with van der Waals surface area (Å²) in [6.07, 6.45) is 1.98. The number of nitrogens with zero attached hydrogens (tertiary/aromatic N) is 2. The molecule has 0 aliphatic carbocycles. The van der Waals surface area contributed by atoms with Crippen molar-refractivity contribution in [1.29, 1.82) is 0 Å². The van der Waals surface area contributed by atoms with E-state index in [2.05, 4.69) is 62.4 Å². The van der Waals surface area contributed by atoms with Crippen LogP contribution in [0.25, 0.3) is 0 Å². The second-order valence-electron chi connectivity index (χ2n) is 5.85. The van der Waals surface area contributed by atoms with Crippen molar-refractivity contribution in [3.05, 3.63) is 52.3 Å². The Morgan fingerprint density at radius 2 is 1.76 bits per heavy atom. The minimum Gasteiger partial charge on any atom is -0.309 e. The van der Waals surface area contributed by atoms with Gasteiger partial charge in [-0.1, -0.05) is 43.2 Å². The summed E-state index contributed by atoms with van der Waals surface area (Å²) in [5.41, 5.74) is 6.49. The fourth-order valence-corrected chi connectivity index (χ4v) is 2.99. The first kappa shape index (κ1) is 15.8. The third-order valence-electron chi connectivity index (χ3n) is 3.86. The van der Waals surface area contributed by atoms with E-state index >= 15 is 0 Å². The average Bonchev–Trinajstić information content (AvgIpc) is 2.78. The number of rotatable bonds is 6. The average molecular weight is 285 g/mol. The molecule has 0 aliphatic rings. The van der Waals surface area contributed by atoms with Crippen molar-refractivity contribution in [2.75, 3.05) is 6.54 Å². The van der Waals surface area contributed by atoms with Gasteiger partial charge in [-0.3, -0.25) is 4.68 Å². The van der Waals surface area contributed by atoms with Crippen LogP contribution >= 0.6 is 0 Å². The number of aromatic nitrogens is 2. The number of likely N-dealkylation sites (N-methyl/N-ethyl adjacent to an activating group) is 1. The molecule has 2 aromatic rings. The topological polar surface area (TPSA) is 29.9 Å². The van der Waals surface area contributed by atoms with Crippen molar-refractivity contribution in [2.24, 2.45) is 7.05 Å². The van der Waals surface area contributed by atoms with Crippen LogP contribution in [-0.2, 0) is 19.9 Å². The molecule has 0 fully saturated rings. The largest absolute Gasteiger partial charge is 0.309 e. The van der Waals surface area contributed by atoms with Crippen LogP contribution in [0.2, 0.25) is 0 Å². The van der Waals surface area contributed by atoms with Gasteiger partial charge < -0.3 is 5.32 Å². The van der Waals surface area contributed by atoms with Gasteiger partial charge in [0.05, 0.1) is 17.4 Å². The van der Waals surface area contributed by atoms with Crippen molar-refractivity contribution in [1.82, 2.24) is 15.1 Å². The zero-order chi connectivity index (χ0) is 15.4. The minimum atomic E-state index is 0.314. The second kappa shape index (κ2) is 6.90. The summed E-state index contributed by atoms with van der Waals surface area (Å²) in [6, 6.07) is 9.35. The first-order chi connectivity index (χ1) is 10.0. The van der Waals surface area contributed by atoms with Gasteiger partial charge in [0.2, 0.25) is 0 Å². The first-order valence-corrected chi connectivity index (χ1v) is 7.86. The van der Waals surface area contributed by atoms with Crippen LogP contribution in [0.1, 0.15) is 48.0 Å². The van der Waals surface area contributed by atoms with Crippen LogP contribution in [0.15, 0.2) is 24.3 Å². The minimum absolute atomic E-state index is 0.314. The SMILES string of the molecule is CCNC(Cc1cc(C)cc(C)c1)c1cc(CC)nn1C. The maximum atomic E-state index is 4.59. The van der Waals surface area contributed by atoms with E-state index in [0.29, 0.717) is 6.04 Å². The molecule has 2 rings (SSSR count). The molecule has 3 nitrogen and oxygen atoms in total. The van der Waals surface area contributed by atoms with E-state index in [1.165, 1.54) is 22.4 Å². The summed E-state index contributed by atoms with van der Waals surface area (Å²) in [6.45, 7) is 9.60. The van der Waals surface area contributed by atoms with Crippen LogP contribution in [0.4, 0.5) is 0 Å². The Morgan fingerprint density at radius 3 is 2.29 bits per heavy atom. The van der Waals surface area contributed by atoms with Crippen molar-refractivity contribution in [3.8, 4) is 0 Å². The van der Waals surface area contributed by atoms with Crippen LogP contribution in [0.3, 0.4) is 0 Å². The molecule has 0 amide bonds. The van der Waals surface area contributed by atoms with Crippen molar-refractivity contribution >= 4 is 0 Å². The van der Waals surface area contributed by atoms with Gasteiger partial charge in [0.1, 0.15) is 0 Å². The molecule has 21 heavy (non-hydrogen) atoms. The summed E-state index contributed by atoms with van der Waals surface area (Å²) in [7, 11) is 2.04. The molecule has 1 unspecified atom stereocenters. The molecule has 1 atom stereocenters. The van der Waals surface area contributed by atoms with Gasteiger partial charge >= 0.3 is 0 Å². The molecular formula is C18H27N3. The Bertz CT molecular complexity index is 578. The maximum Gasteiger partial charge on any atom is 0.0625 e. The Hall–Kier alpha value is -1.61. The lowest BCUT2D eigenvalue weighted by Gasteiger charge is -2.19. The van der Waals surface area contributed by atoms with E-state index in [4.69, 9.17) is 0 Å². The van der Waals surface area contributed by atoms with Crippen LogP contribution in [-0.4, -0.2) is 16.3 Å². The number of nitrogens with one attached hydrogen (secondary N) is 1. The highest BCUT2D eigenvalue weighted by molar-refractivity contribution is 5.30. The summed E-state index contributed by atoms with van der Waals surface area (Å²) >= 11 is 0. The second-order valence-corrected chi connectivity index (χ2v) is 5.85. The number of hydrogen-bond donors (Lipinski definition) is 1. The van der Waals surface area contributed by atoms with Crippen LogP contribution < -0.4 is 5.32 Å². The van der Waals surface area contributed by atoms with E-state index in [-0.39, 0.29) is 0 Å². The first-order valence-electron chi connectivity index (χ1n) is 7.86. The monoisotopic (exact) mass is 285 g/mol. The van der Waals surface area contributed by atoms with E-state index in [9.17, 15) is 0 Å². The van der Waals surface area contributed by atoms with Crippen molar-refractivity contribution in [3.63, 3.8) is 0 Å². The molecule has 0 saturated carbocycles. The maximum absolute atomic E-state index is 4.59. The van der Waals surface area contributed by atoms with Gasteiger partial charge in [0, 0.05) is 7.05 Å². The fourth-order valence-electron chi connectivity index (χ4n) is 2.99. The third kappa shape index (κ3) is 3.94. The highest BCUT2D eigenvalue weighted by Gasteiger charge is 2.16. The lowest BCUT2D eigenvalue weighted by Crippen LogP contribution is -2.25. The number of hydrogen-bond acceptors (Lipinski definition) is 2. The molecule has 1 aromatic heterocycles. The predicted molar refractivity (Wildman–Crippen MR) is 88.6 cm³/mol. The molecular weight excluding hydrogens is 258 g/mol. The van der Waals surface area contributed by atoms with Crippen molar-refractivity contribution in [2.45, 2.75) is 46.6 Å². The predicted octanol–water partition coefficient (Wildman–Crippen LogP) is 3.49. The quantitative estimate of drug-likeness (QED) is 0.880. The Labute approximate surface area is 128 Å². The molecule has 1 heterocycles. The van der Waals surface area contributed by atoms with E-state index in [0.717, 1.165) is 25.1 Å². The van der Waals surface area contributed by atoms with E-state index < -0.39 is 0 Å². The summed E-state index contributed by atoms with van der Waals surface area (Å²) < 4.78 is 2.02. The highest BCUT2D eigenvalue weighted by atomic mass is 15.3. The lowest BCUT2D eigenvalue weighted by atomic mass is 9.99. The summed E-state index contributed by atoms with van der Waals surface area (Å²) in [5.74, 6) is 0. The van der Waals surface area contributed by atoms with Gasteiger partial charge in [-0.05, 0) is 44.9 Å². The normalized spacial score (nSPS) is 12.6. The molecule has 0 radical (unpaired) electrons. The van der Waals surface area contributed by atoms with Gasteiger partial charge in [0.25, 0.3) is 0 Å². The molecule has 0 spiro atoms.